The molecule has 5 nitrogen and oxygen atoms in total. The third kappa shape index (κ3) is 8.59. The second-order valence-corrected chi connectivity index (χ2v) is 4.81. The third-order valence-corrected chi connectivity index (χ3v) is 2.43. The van der Waals surface area contributed by atoms with Gasteiger partial charge in [-0.2, -0.15) is 39.5 Å². The maximum atomic E-state index is 12.3. The summed E-state index contributed by atoms with van der Waals surface area (Å²) in [7, 11) is 0. The van der Waals surface area contributed by atoms with Crippen molar-refractivity contribution >= 4 is 5.97 Å². The fourth-order valence-electron chi connectivity index (χ4n) is 1.55. The molecule has 0 heterocycles. The zero-order valence-corrected chi connectivity index (χ0v) is 12.8. The van der Waals surface area contributed by atoms with E-state index in [1.165, 1.54) is 0 Å². The molecule has 1 rings (SSSR count). The summed E-state index contributed by atoms with van der Waals surface area (Å²) in [5.74, 6) is -5.33. The standard InChI is InChI=1S/C13H9F9O5/c14-11(15,16)3-25-6-1-7(10(23)24)9(27-5-13(20,21)22)8(2-6)26-4-12(17,18)19/h1-2H,3-5H2,(H,23,24). The van der Waals surface area contributed by atoms with Crippen LogP contribution in [-0.2, 0) is 0 Å². The van der Waals surface area contributed by atoms with E-state index in [0.717, 1.165) is 0 Å². The number of hydrogen-bond donors (Lipinski definition) is 1. The van der Waals surface area contributed by atoms with Crippen LogP contribution in [0.25, 0.3) is 0 Å². The molecule has 0 spiro atoms. The van der Waals surface area contributed by atoms with Gasteiger partial charge < -0.3 is 19.3 Å². The van der Waals surface area contributed by atoms with Gasteiger partial charge in [0.25, 0.3) is 0 Å². The molecule has 0 bridgehead atoms. The SMILES string of the molecule is O=C(O)c1cc(OCC(F)(F)F)cc(OCC(F)(F)F)c1OCC(F)(F)F. The van der Waals surface area contributed by atoms with E-state index in [2.05, 4.69) is 14.2 Å². The van der Waals surface area contributed by atoms with Gasteiger partial charge in [0.15, 0.2) is 31.3 Å². The zero-order valence-electron chi connectivity index (χ0n) is 12.8. The summed E-state index contributed by atoms with van der Waals surface area (Å²) in [5, 5.41) is 8.98. The van der Waals surface area contributed by atoms with Crippen LogP contribution in [0.2, 0.25) is 0 Å². The van der Waals surface area contributed by atoms with Crippen LogP contribution in [0.3, 0.4) is 0 Å². The molecular formula is C13H9F9O5. The Hall–Kier alpha value is -2.54. The van der Waals surface area contributed by atoms with Crippen molar-refractivity contribution in [2.45, 2.75) is 18.5 Å². The van der Waals surface area contributed by atoms with Gasteiger partial charge in [0.2, 0.25) is 0 Å². The van der Waals surface area contributed by atoms with Gasteiger partial charge in [-0.25, -0.2) is 4.79 Å². The Morgan fingerprint density at radius 3 is 1.67 bits per heavy atom. The van der Waals surface area contributed by atoms with Crippen molar-refractivity contribution in [2.75, 3.05) is 19.8 Å². The first-order valence-corrected chi connectivity index (χ1v) is 6.57. The van der Waals surface area contributed by atoms with E-state index in [4.69, 9.17) is 5.11 Å². The lowest BCUT2D eigenvalue weighted by Crippen LogP contribution is -2.23. The smallest absolute Gasteiger partial charge is 0.422 e. The molecule has 0 fully saturated rings. The molecule has 0 saturated heterocycles. The molecule has 0 aliphatic heterocycles. The van der Waals surface area contributed by atoms with Crippen LogP contribution in [0.4, 0.5) is 39.5 Å². The molecule has 1 aromatic rings. The summed E-state index contributed by atoms with van der Waals surface area (Å²) in [5.41, 5.74) is -1.18. The molecule has 154 valence electrons. The van der Waals surface area contributed by atoms with Gasteiger partial charge in [-0.15, -0.1) is 0 Å². The molecule has 0 radical (unpaired) electrons. The zero-order chi connectivity index (χ0) is 21.0. The number of hydrogen-bond acceptors (Lipinski definition) is 4. The van der Waals surface area contributed by atoms with E-state index in [1.54, 1.807) is 0 Å². The van der Waals surface area contributed by atoms with Crippen LogP contribution in [-0.4, -0.2) is 49.4 Å². The van der Waals surface area contributed by atoms with Crippen molar-refractivity contribution in [1.29, 1.82) is 0 Å². The average molecular weight is 416 g/mol. The molecular weight excluding hydrogens is 407 g/mol. The fourth-order valence-corrected chi connectivity index (χ4v) is 1.55. The number of carboxylic acid groups (broad SMARTS) is 1. The number of ether oxygens (including phenoxy) is 3. The van der Waals surface area contributed by atoms with Crippen LogP contribution in [0.5, 0.6) is 17.2 Å². The Morgan fingerprint density at radius 2 is 1.22 bits per heavy atom. The van der Waals surface area contributed by atoms with E-state index in [0.29, 0.717) is 12.1 Å². The van der Waals surface area contributed by atoms with Gasteiger partial charge in [-0.1, -0.05) is 0 Å². The largest absolute Gasteiger partial charge is 0.484 e. The van der Waals surface area contributed by atoms with Crippen LogP contribution in [0, 0.1) is 0 Å². The van der Waals surface area contributed by atoms with E-state index >= 15 is 0 Å². The van der Waals surface area contributed by atoms with Gasteiger partial charge in [-0.05, 0) is 6.07 Å². The highest BCUT2D eigenvalue weighted by molar-refractivity contribution is 5.92. The van der Waals surface area contributed by atoms with Gasteiger partial charge in [0.1, 0.15) is 11.3 Å². The summed E-state index contributed by atoms with van der Waals surface area (Å²) in [6, 6.07) is 0.718. The molecule has 0 unspecified atom stereocenters. The Balaban J connectivity index is 3.30. The number of carboxylic acids is 1. The summed E-state index contributed by atoms with van der Waals surface area (Å²) >= 11 is 0. The normalized spacial score (nSPS) is 12.6. The van der Waals surface area contributed by atoms with E-state index in [-0.39, 0.29) is 0 Å². The monoisotopic (exact) mass is 416 g/mol. The highest BCUT2D eigenvalue weighted by Crippen LogP contribution is 2.38. The Labute approximate surface area is 144 Å². The van der Waals surface area contributed by atoms with Crippen LogP contribution >= 0.6 is 0 Å². The van der Waals surface area contributed by atoms with Crippen molar-refractivity contribution in [1.82, 2.24) is 0 Å². The minimum Gasteiger partial charge on any atom is -0.484 e. The summed E-state index contributed by atoms with van der Waals surface area (Å²) in [6.45, 7) is -6.09. The summed E-state index contributed by atoms with van der Waals surface area (Å²) in [4.78, 5) is 11.1. The molecule has 1 aromatic carbocycles. The van der Waals surface area contributed by atoms with Crippen molar-refractivity contribution in [2.24, 2.45) is 0 Å². The number of benzene rings is 1. The minimum absolute atomic E-state index is 0.357. The lowest BCUT2D eigenvalue weighted by molar-refractivity contribution is -0.158. The maximum Gasteiger partial charge on any atom is 0.422 e. The Kier molecular flexibility index (Phi) is 6.67. The summed E-state index contributed by atoms with van der Waals surface area (Å²) in [6.07, 6.45) is -14.8. The molecule has 0 aromatic heterocycles. The van der Waals surface area contributed by atoms with Gasteiger partial charge >= 0.3 is 24.5 Å². The van der Waals surface area contributed by atoms with Gasteiger partial charge in [0.05, 0.1) is 0 Å². The highest BCUT2D eigenvalue weighted by atomic mass is 19.4. The molecule has 1 N–H and O–H groups in total. The quantitative estimate of drug-likeness (QED) is 0.675. The van der Waals surface area contributed by atoms with Crippen molar-refractivity contribution < 1.29 is 63.6 Å². The first-order chi connectivity index (χ1) is 12.1. The molecule has 0 aliphatic rings. The molecule has 14 heteroatoms. The van der Waals surface area contributed by atoms with E-state index in [9.17, 15) is 44.3 Å². The number of rotatable bonds is 7. The van der Waals surface area contributed by atoms with Crippen molar-refractivity contribution in [3.8, 4) is 17.2 Å². The van der Waals surface area contributed by atoms with Crippen LogP contribution in [0.15, 0.2) is 12.1 Å². The molecule has 0 amide bonds. The topological polar surface area (TPSA) is 65.0 Å². The van der Waals surface area contributed by atoms with E-state index < -0.39 is 67.1 Å². The Morgan fingerprint density at radius 1 is 0.778 bits per heavy atom. The lowest BCUT2D eigenvalue weighted by atomic mass is 10.1. The van der Waals surface area contributed by atoms with Crippen LogP contribution < -0.4 is 14.2 Å². The average Bonchev–Trinajstić information content (AvgIpc) is 2.46. The van der Waals surface area contributed by atoms with Crippen molar-refractivity contribution in [3.63, 3.8) is 0 Å². The molecule has 0 atom stereocenters. The predicted octanol–water partition coefficient (Wildman–Crippen LogP) is 4.21. The number of alkyl halides is 9. The number of halogens is 9. The minimum atomic E-state index is -4.98. The molecule has 0 saturated carbocycles. The summed E-state index contributed by atoms with van der Waals surface area (Å²) < 4.78 is 123. The maximum absolute atomic E-state index is 12.3. The fraction of sp³-hybridized carbons (Fsp3) is 0.462. The van der Waals surface area contributed by atoms with E-state index in [1.807, 2.05) is 0 Å². The van der Waals surface area contributed by atoms with Gasteiger partial charge in [-0.3, -0.25) is 0 Å². The number of carbonyl (C=O) groups is 1. The Bertz CT molecular complexity index is 664. The van der Waals surface area contributed by atoms with Crippen LogP contribution in [0.1, 0.15) is 10.4 Å². The molecule has 27 heavy (non-hydrogen) atoms. The highest BCUT2D eigenvalue weighted by Gasteiger charge is 2.34. The molecule has 0 aliphatic carbocycles. The first kappa shape index (κ1) is 22.5. The second-order valence-electron chi connectivity index (χ2n) is 4.81. The van der Waals surface area contributed by atoms with Gasteiger partial charge in [0, 0.05) is 6.07 Å². The second kappa shape index (κ2) is 8.00. The number of aromatic carboxylic acids is 1. The third-order valence-electron chi connectivity index (χ3n) is 2.43. The van der Waals surface area contributed by atoms with Crippen molar-refractivity contribution in [3.05, 3.63) is 17.7 Å². The predicted molar refractivity (Wildman–Crippen MR) is 68.1 cm³/mol. The first-order valence-electron chi connectivity index (χ1n) is 6.57. The lowest BCUT2D eigenvalue weighted by Gasteiger charge is -2.18.